The average Bonchev–Trinajstić information content (AvgIpc) is 2.84. The van der Waals surface area contributed by atoms with E-state index in [9.17, 15) is 14.7 Å². The molecule has 0 bridgehead atoms. The van der Waals surface area contributed by atoms with Gasteiger partial charge in [-0.1, -0.05) is 49.2 Å². The van der Waals surface area contributed by atoms with Crippen molar-refractivity contribution in [1.29, 1.82) is 0 Å². The van der Waals surface area contributed by atoms with Gasteiger partial charge in [-0.15, -0.1) is 0 Å². The van der Waals surface area contributed by atoms with Crippen molar-refractivity contribution >= 4 is 40.7 Å². The number of nitrogens with zero attached hydrogens (tertiary/aromatic N) is 1. The number of aliphatic hydroxyl groups is 1. The maximum Gasteiger partial charge on any atom is 0.246 e. The third-order valence-electron chi connectivity index (χ3n) is 4.51. The molecule has 0 spiro atoms. The van der Waals surface area contributed by atoms with E-state index < -0.39 is 30.0 Å². The van der Waals surface area contributed by atoms with E-state index in [1.165, 1.54) is 0 Å². The fraction of sp³-hybridized carbons (Fsp3) is 0.412. The summed E-state index contributed by atoms with van der Waals surface area (Å²) >= 11 is 12.2. The van der Waals surface area contributed by atoms with Crippen molar-refractivity contribution in [3.05, 3.63) is 40.4 Å². The lowest BCUT2D eigenvalue weighted by Gasteiger charge is -2.41. The van der Waals surface area contributed by atoms with Gasteiger partial charge in [-0.3, -0.25) is 14.9 Å². The number of carbonyl (C=O) groups is 2. The van der Waals surface area contributed by atoms with Crippen LogP contribution in [-0.2, 0) is 9.59 Å². The number of fused-ring (bicyclic) bond motifs is 1. The molecule has 1 aromatic rings. The quantitative estimate of drug-likeness (QED) is 0.548. The number of benzene rings is 1. The van der Waals surface area contributed by atoms with Crippen molar-refractivity contribution < 1.29 is 14.7 Å². The number of nitrogens with one attached hydrogen (secondary N) is 2. The Bertz CT molecular complexity index is 738. The molecule has 2 aliphatic rings. The first kappa shape index (κ1) is 18.2. The van der Waals surface area contributed by atoms with E-state index >= 15 is 0 Å². The number of hydrazine groups is 1. The normalized spacial score (nSPS) is 27.4. The number of halogens is 2. The summed E-state index contributed by atoms with van der Waals surface area (Å²) < 4.78 is 0. The molecular formula is C17H19Cl2N3O3. The summed E-state index contributed by atoms with van der Waals surface area (Å²) in [6.45, 7) is 3.77. The van der Waals surface area contributed by atoms with Crippen LogP contribution in [0.3, 0.4) is 0 Å². The van der Waals surface area contributed by atoms with E-state index in [0.29, 0.717) is 15.7 Å². The summed E-state index contributed by atoms with van der Waals surface area (Å²) in [6.07, 6.45) is 2.70. The second-order valence-electron chi connectivity index (χ2n) is 6.58. The molecule has 2 amide bonds. The minimum atomic E-state index is -0.761. The van der Waals surface area contributed by atoms with Crippen LogP contribution in [0.2, 0.25) is 10.0 Å². The van der Waals surface area contributed by atoms with E-state index in [2.05, 4.69) is 10.7 Å². The Kier molecular flexibility index (Phi) is 5.06. The Balaban J connectivity index is 1.98. The molecule has 3 rings (SSSR count). The van der Waals surface area contributed by atoms with Gasteiger partial charge in [0.2, 0.25) is 11.8 Å². The lowest BCUT2D eigenvalue weighted by atomic mass is 9.89. The minimum Gasteiger partial charge on any atom is -0.391 e. The van der Waals surface area contributed by atoms with Gasteiger partial charge in [-0.2, -0.15) is 0 Å². The molecule has 0 saturated carbocycles. The average molecular weight is 384 g/mol. The highest BCUT2D eigenvalue weighted by Crippen LogP contribution is 2.33. The number of aliphatic hydroxyl groups excluding tert-OH is 1. The van der Waals surface area contributed by atoms with Gasteiger partial charge in [-0.05, 0) is 24.1 Å². The SMILES string of the molecule is CC(C)C(O)C1C=CC2C(=O)NC(=O)C2N1Nc1ccc(Cl)cc1Cl. The number of amides is 2. The Morgan fingerprint density at radius 1 is 1.20 bits per heavy atom. The minimum absolute atomic E-state index is 0.0450. The van der Waals surface area contributed by atoms with E-state index in [0.717, 1.165) is 0 Å². The maximum absolute atomic E-state index is 12.3. The van der Waals surface area contributed by atoms with Crippen molar-refractivity contribution in [3.63, 3.8) is 0 Å². The number of anilines is 1. The molecule has 2 aliphatic heterocycles. The number of imide groups is 1. The Labute approximate surface area is 155 Å². The largest absolute Gasteiger partial charge is 0.391 e. The monoisotopic (exact) mass is 383 g/mol. The molecule has 1 fully saturated rings. The zero-order valence-corrected chi connectivity index (χ0v) is 15.3. The van der Waals surface area contributed by atoms with Crippen LogP contribution < -0.4 is 10.7 Å². The lowest BCUT2D eigenvalue weighted by molar-refractivity contribution is -0.126. The van der Waals surface area contributed by atoms with E-state index in [-0.39, 0.29) is 11.8 Å². The summed E-state index contributed by atoms with van der Waals surface area (Å²) in [5, 5.41) is 15.4. The smallest absolute Gasteiger partial charge is 0.246 e. The Hall–Kier alpha value is -1.60. The van der Waals surface area contributed by atoms with E-state index in [4.69, 9.17) is 23.2 Å². The van der Waals surface area contributed by atoms with Gasteiger partial charge in [-0.25, -0.2) is 5.01 Å². The molecule has 25 heavy (non-hydrogen) atoms. The number of hydrogen-bond acceptors (Lipinski definition) is 5. The van der Waals surface area contributed by atoms with Crippen LogP contribution in [-0.4, -0.2) is 40.1 Å². The van der Waals surface area contributed by atoms with Crippen molar-refractivity contribution in [2.24, 2.45) is 11.8 Å². The predicted octanol–water partition coefficient (Wildman–Crippen LogP) is 2.22. The number of hydrogen-bond donors (Lipinski definition) is 3. The van der Waals surface area contributed by atoms with Gasteiger partial charge < -0.3 is 10.5 Å². The van der Waals surface area contributed by atoms with Crippen LogP contribution in [0.5, 0.6) is 0 Å². The molecule has 6 nitrogen and oxygen atoms in total. The van der Waals surface area contributed by atoms with Crippen LogP contribution in [0.15, 0.2) is 30.4 Å². The van der Waals surface area contributed by atoms with Gasteiger partial charge in [0, 0.05) is 5.02 Å². The first-order valence-corrected chi connectivity index (χ1v) is 8.76. The van der Waals surface area contributed by atoms with E-state index in [1.54, 1.807) is 35.4 Å². The number of carbonyl (C=O) groups excluding carboxylic acids is 2. The second kappa shape index (κ2) is 6.96. The third-order valence-corrected chi connectivity index (χ3v) is 5.06. The summed E-state index contributed by atoms with van der Waals surface area (Å²) in [7, 11) is 0. The summed E-state index contributed by atoms with van der Waals surface area (Å²) in [6, 6.07) is 3.68. The van der Waals surface area contributed by atoms with Gasteiger partial charge >= 0.3 is 0 Å². The first-order valence-electron chi connectivity index (χ1n) is 8.00. The molecule has 0 aliphatic carbocycles. The van der Waals surface area contributed by atoms with Gasteiger partial charge in [0.05, 0.1) is 28.8 Å². The fourth-order valence-electron chi connectivity index (χ4n) is 3.12. The Morgan fingerprint density at radius 2 is 1.92 bits per heavy atom. The molecule has 4 atom stereocenters. The first-order chi connectivity index (χ1) is 11.8. The molecule has 8 heteroatoms. The maximum atomic E-state index is 12.3. The topological polar surface area (TPSA) is 81.7 Å². The van der Waals surface area contributed by atoms with Gasteiger partial charge in [0.15, 0.2) is 0 Å². The van der Waals surface area contributed by atoms with Crippen molar-refractivity contribution in [3.8, 4) is 0 Å². The predicted molar refractivity (Wildman–Crippen MR) is 96.1 cm³/mol. The standard InChI is InChI=1S/C17H19Cl2N3O3/c1-8(2)15(23)13-6-4-10-14(17(25)20-16(10)24)22(13)21-12-5-3-9(18)7-11(12)19/h3-8,10,13-15,21,23H,1-2H3,(H,20,24,25). The molecule has 3 N–H and O–H groups in total. The second-order valence-corrected chi connectivity index (χ2v) is 7.42. The molecule has 2 heterocycles. The number of rotatable bonds is 4. The van der Waals surface area contributed by atoms with Crippen molar-refractivity contribution in [2.45, 2.75) is 32.0 Å². The molecular weight excluding hydrogens is 365 g/mol. The zero-order valence-electron chi connectivity index (χ0n) is 13.7. The Morgan fingerprint density at radius 3 is 2.56 bits per heavy atom. The molecule has 134 valence electrons. The van der Waals surface area contributed by atoms with Crippen LogP contribution in [0.4, 0.5) is 5.69 Å². The highest BCUT2D eigenvalue weighted by atomic mass is 35.5. The molecule has 0 radical (unpaired) electrons. The molecule has 4 unspecified atom stereocenters. The third kappa shape index (κ3) is 3.40. The van der Waals surface area contributed by atoms with Gasteiger partial charge in [0.25, 0.3) is 0 Å². The molecule has 0 aromatic heterocycles. The molecule has 1 saturated heterocycles. The lowest BCUT2D eigenvalue weighted by Crippen LogP contribution is -2.58. The van der Waals surface area contributed by atoms with Crippen molar-refractivity contribution in [2.75, 3.05) is 5.43 Å². The van der Waals surface area contributed by atoms with Crippen LogP contribution in [0, 0.1) is 11.8 Å². The van der Waals surface area contributed by atoms with Crippen molar-refractivity contribution in [1.82, 2.24) is 10.3 Å². The highest BCUT2D eigenvalue weighted by Gasteiger charge is 2.49. The van der Waals surface area contributed by atoms with E-state index in [1.807, 2.05) is 13.8 Å². The van der Waals surface area contributed by atoms with Crippen LogP contribution >= 0.6 is 23.2 Å². The molecule has 1 aromatic carbocycles. The summed E-state index contributed by atoms with van der Waals surface area (Å²) in [5.74, 6) is -1.41. The van der Waals surface area contributed by atoms with Crippen LogP contribution in [0.25, 0.3) is 0 Å². The zero-order chi connectivity index (χ0) is 18.3. The summed E-state index contributed by atoms with van der Waals surface area (Å²) in [4.78, 5) is 24.3. The van der Waals surface area contributed by atoms with Gasteiger partial charge in [0.1, 0.15) is 6.04 Å². The van der Waals surface area contributed by atoms with Crippen LogP contribution in [0.1, 0.15) is 13.8 Å². The summed E-state index contributed by atoms with van der Waals surface area (Å²) in [5.41, 5.74) is 3.64. The highest BCUT2D eigenvalue weighted by molar-refractivity contribution is 6.36. The fourth-order valence-corrected chi connectivity index (χ4v) is 3.58.